The fourth-order valence-electron chi connectivity index (χ4n) is 1.31. The maximum Gasteiger partial charge on any atom is 0.151 e. The molecule has 2 N–H and O–H groups in total. The van der Waals surface area contributed by atoms with Crippen LogP contribution in [0.3, 0.4) is 0 Å². The van der Waals surface area contributed by atoms with Crippen LogP contribution >= 0.6 is 0 Å². The van der Waals surface area contributed by atoms with Crippen molar-refractivity contribution in [2.45, 2.75) is 30.7 Å². The minimum atomic E-state index is -2.35. The molecule has 0 saturated heterocycles. The molecule has 4 atom stereocenters. The summed E-state index contributed by atoms with van der Waals surface area (Å²) in [4.78, 5) is 0. The molecule has 1 aliphatic carbocycles. The Labute approximate surface area is 72.3 Å². The van der Waals surface area contributed by atoms with Crippen molar-refractivity contribution in [1.29, 1.82) is 5.26 Å². The van der Waals surface area contributed by atoms with Crippen molar-refractivity contribution in [1.82, 2.24) is 0 Å². The summed E-state index contributed by atoms with van der Waals surface area (Å²) in [6, 6.07) is -0.625. The molecule has 0 aromatic heterocycles. The summed E-state index contributed by atoms with van der Waals surface area (Å²) in [5.41, 5.74) is 4.88. The summed E-state index contributed by atoms with van der Waals surface area (Å²) in [7, 11) is 0. The van der Waals surface area contributed by atoms with E-state index in [4.69, 9.17) is 11.0 Å². The van der Waals surface area contributed by atoms with Gasteiger partial charge in [-0.1, -0.05) is 0 Å². The van der Waals surface area contributed by atoms with Crippen molar-refractivity contribution in [3.63, 3.8) is 0 Å². The highest BCUT2D eigenvalue weighted by molar-refractivity contribution is 5.08. The Morgan fingerprint density at radius 2 is 1.31 bits per heavy atom. The van der Waals surface area contributed by atoms with Gasteiger partial charge in [0.1, 0.15) is 5.92 Å². The van der Waals surface area contributed by atoms with Crippen LogP contribution in [0.4, 0.5) is 17.6 Å². The number of rotatable bonds is 0. The lowest BCUT2D eigenvalue weighted by Crippen LogP contribution is -2.58. The highest BCUT2D eigenvalue weighted by Crippen LogP contribution is 2.32. The Balaban J connectivity index is 2.87. The first-order chi connectivity index (χ1) is 6.00. The monoisotopic (exact) mass is 196 g/mol. The number of nitriles is 1. The molecule has 74 valence electrons. The van der Waals surface area contributed by atoms with Crippen molar-refractivity contribution in [2.24, 2.45) is 11.7 Å². The van der Waals surface area contributed by atoms with Crippen LogP contribution in [0.25, 0.3) is 0 Å². The summed E-state index contributed by atoms with van der Waals surface area (Å²) in [6.45, 7) is 0. The molecule has 2 nitrogen and oxygen atoms in total. The minimum absolute atomic E-state index is 1.20. The Morgan fingerprint density at radius 1 is 0.923 bits per heavy atom. The predicted molar refractivity (Wildman–Crippen MR) is 36.7 cm³/mol. The van der Waals surface area contributed by atoms with Crippen LogP contribution in [0, 0.1) is 17.2 Å². The van der Waals surface area contributed by atoms with Gasteiger partial charge in [-0.15, -0.1) is 0 Å². The van der Waals surface area contributed by atoms with Crippen molar-refractivity contribution < 1.29 is 17.6 Å². The highest BCUT2D eigenvalue weighted by atomic mass is 19.2. The van der Waals surface area contributed by atoms with Gasteiger partial charge >= 0.3 is 0 Å². The Bertz CT molecular complexity index is 213. The molecule has 0 heterocycles. The number of hydrogen-bond donors (Lipinski definition) is 1. The molecule has 1 aliphatic rings. The number of alkyl halides is 4. The van der Waals surface area contributed by atoms with Crippen LogP contribution in [-0.4, -0.2) is 30.7 Å². The number of nitrogens with two attached hydrogens (primary N) is 1. The Morgan fingerprint density at radius 3 is 1.62 bits per heavy atom. The van der Waals surface area contributed by atoms with E-state index in [-0.39, 0.29) is 0 Å². The fourth-order valence-corrected chi connectivity index (χ4v) is 1.31. The fraction of sp³-hybridized carbons (Fsp3) is 0.857. The van der Waals surface area contributed by atoms with E-state index in [0.29, 0.717) is 0 Å². The molecular weight excluding hydrogens is 188 g/mol. The van der Waals surface area contributed by atoms with Crippen LogP contribution < -0.4 is 5.73 Å². The molecule has 13 heavy (non-hydrogen) atoms. The van der Waals surface area contributed by atoms with Crippen molar-refractivity contribution in [3.05, 3.63) is 0 Å². The second kappa shape index (κ2) is 3.50. The van der Waals surface area contributed by atoms with E-state index in [1.54, 1.807) is 0 Å². The third kappa shape index (κ3) is 1.48. The Kier molecular flexibility index (Phi) is 2.76. The second-order valence-electron chi connectivity index (χ2n) is 3.01. The Hall–Kier alpha value is -0.830. The van der Waals surface area contributed by atoms with E-state index in [0.717, 1.165) is 0 Å². The normalized spacial score (nSPS) is 51.4. The van der Waals surface area contributed by atoms with Gasteiger partial charge in [0, 0.05) is 0 Å². The zero-order chi connectivity index (χ0) is 10.2. The first kappa shape index (κ1) is 10.3. The van der Waals surface area contributed by atoms with Gasteiger partial charge in [0.15, 0.2) is 24.7 Å². The van der Waals surface area contributed by atoms with E-state index in [1.807, 2.05) is 0 Å². The lowest BCUT2D eigenvalue weighted by Gasteiger charge is -2.34. The largest absolute Gasteiger partial charge is 0.323 e. The van der Waals surface area contributed by atoms with Gasteiger partial charge in [-0.3, -0.25) is 0 Å². The van der Waals surface area contributed by atoms with E-state index >= 15 is 0 Å². The molecule has 4 unspecified atom stereocenters. The summed E-state index contributed by atoms with van der Waals surface area (Å²) >= 11 is 0. The van der Waals surface area contributed by atoms with Gasteiger partial charge in [0.05, 0.1) is 12.1 Å². The van der Waals surface area contributed by atoms with Crippen molar-refractivity contribution in [2.75, 3.05) is 0 Å². The maximum atomic E-state index is 12.8. The molecule has 6 heteroatoms. The lowest BCUT2D eigenvalue weighted by molar-refractivity contribution is -0.0306. The first-order valence-corrected chi connectivity index (χ1v) is 3.72. The van der Waals surface area contributed by atoms with Gasteiger partial charge in [-0.25, -0.2) is 17.6 Å². The summed E-state index contributed by atoms with van der Waals surface area (Å²) in [6.07, 6.45) is -9.32. The highest BCUT2D eigenvalue weighted by Gasteiger charge is 2.51. The molecule has 0 aromatic rings. The van der Waals surface area contributed by atoms with Crippen LogP contribution in [0.5, 0.6) is 0 Å². The van der Waals surface area contributed by atoms with E-state index in [1.165, 1.54) is 6.07 Å². The molecule has 1 saturated carbocycles. The standard InChI is InChI=1S/C7H8F4N2/c8-3-2(1-12)4(9)6(11)7(13)5(3)10/h2-7H,13H2. The predicted octanol–water partition coefficient (Wildman–Crippen LogP) is 0.819. The molecule has 0 aromatic carbocycles. The molecule has 1 rings (SSSR count). The summed E-state index contributed by atoms with van der Waals surface area (Å²) in [5, 5.41) is 8.25. The number of halogens is 4. The van der Waals surface area contributed by atoms with E-state index in [9.17, 15) is 17.6 Å². The van der Waals surface area contributed by atoms with Gasteiger partial charge in [0.25, 0.3) is 0 Å². The van der Waals surface area contributed by atoms with E-state index in [2.05, 4.69) is 0 Å². The summed E-state index contributed by atoms with van der Waals surface area (Å²) in [5.74, 6) is -1.90. The average molecular weight is 196 g/mol. The second-order valence-corrected chi connectivity index (χ2v) is 3.01. The van der Waals surface area contributed by atoms with Crippen LogP contribution in [0.15, 0.2) is 0 Å². The van der Waals surface area contributed by atoms with Gasteiger partial charge < -0.3 is 5.73 Å². The van der Waals surface area contributed by atoms with Gasteiger partial charge in [-0.2, -0.15) is 5.26 Å². The third-order valence-electron chi connectivity index (χ3n) is 2.18. The number of nitrogens with zero attached hydrogens (tertiary/aromatic N) is 1. The molecule has 0 aliphatic heterocycles. The van der Waals surface area contributed by atoms with Crippen molar-refractivity contribution >= 4 is 0 Å². The first-order valence-electron chi connectivity index (χ1n) is 3.72. The number of hydrogen-bond acceptors (Lipinski definition) is 2. The van der Waals surface area contributed by atoms with Gasteiger partial charge in [-0.05, 0) is 0 Å². The van der Waals surface area contributed by atoms with Crippen LogP contribution in [0.1, 0.15) is 0 Å². The smallest absolute Gasteiger partial charge is 0.151 e. The molecule has 1 fully saturated rings. The van der Waals surface area contributed by atoms with E-state index < -0.39 is 36.6 Å². The summed E-state index contributed by atoms with van der Waals surface area (Å²) < 4.78 is 51.2. The molecule has 0 amide bonds. The molecule has 0 spiro atoms. The molecule has 0 radical (unpaired) electrons. The molecule has 0 bridgehead atoms. The van der Waals surface area contributed by atoms with Crippen LogP contribution in [0.2, 0.25) is 0 Å². The topological polar surface area (TPSA) is 49.8 Å². The lowest BCUT2D eigenvalue weighted by atomic mass is 9.81. The zero-order valence-corrected chi connectivity index (χ0v) is 6.50. The van der Waals surface area contributed by atoms with Gasteiger partial charge in [0.2, 0.25) is 0 Å². The third-order valence-corrected chi connectivity index (χ3v) is 2.18. The van der Waals surface area contributed by atoms with Crippen molar-refractivity contribution in [3.8, 4) is 6.07 Å². The zero-order valence-electron chi connectivity index (χ0n) is 6.50. The maximum absolute atomic E-state index is 12.8. The minimum Gasteiger partial charge on any atom is -0.323 e. The quantitative estimate of drug-likeness (QED) is 0.583. The average Bonchev–Trinajstić information content (AvgIpc) is 2.13. The molecular formula is C7H8F4N2. The SMILES string of the molecule is N#CC1C(F)C(F)C(N)C(F)C1F. The van der Waals surface area contributed by atoms with Crippen LogP contribution in [-0.2, 0) is 0 Å².